The highest BCUT2D eigenvalue weighted by Crippen LogP contribution is 2.33. The van der Waals surface area contributed by atoms with Crippen molar-refractivity contribution in [3.63, 3.8) is 0 Å². The standard InChI is InChI=1S/C16H15FN2O2/c1-21-15-6-5-10(9-12(15)17)16(20)19-8-7-11-13(18)3-2-4-14(11)19/h2-6,9H,7-8,18H2,1H3. The van der Waals surface area contributed by atoms with E-state index in [2.05, 4.69) is 0 Å². The molecule has 0 atom stereocenters. The summed E-state index contributed by atoms with van der Waals surface area (Å²) in [6.45, 7) is 0.552. The lowest BCUT2D eigenvalue weighted by Crippen LogP contribution is -2.28. The number of rotatable bonds is 2. The van der Waals surface area contributed by atoms with Crippen LogP contribution in [0.25, 0.3) is 0 Å². The Balaban J connectivity index is 1.95. The van der Waals surface area contributed by atoms with Gasteiger partial charge in [-0.25, -0.2) is 4.39 Å². The molecule has 0 unspecified atom stereocenters. The van der Waals surface area contributed by atoms with Gasteiger partial charge in [0.1, 0.15) is 0 Å². The predicted octanol–water partition coefficient (Wildman–Crippen LogP) is 2.62. The maximum absolute atomic E-state index is 13.7. The maximum Gasteiger partial charge on any atom is 0.258 e. The summed E-state index contributed by atoms with van der Waals surface area (Å²) in [6.07, 6.45) is 0.715. The number of ether oxygens (including phenoxy) is 1. The topological polar surface area (TPSA) is 55.6 Å². The van der Waals surface area contributed by atoms with Gasteiger partial charge in [-0.1, -0.05) is 6.07 Å². The smallest absolute Gasteiger partial charge is 0.258 e. The van der Waals surface area contributed by atoms with E-state index in [9.17, 15) is 9.18 Å². The Morgan fingerprint density at radius 3 is 2.86 bits per heavy atom. The van der Waals surface area contributed by atoms with E-state index in [1.165, 1.54) is 19.2 Å². The van der Waals surface area contributed by atoms with Crippen LogP contribution in [0.1, 0.15) is 15.9 Å². The monoisotopic (exact) mass is 286 g/mol. The van der Waals surface area contributed by atoms with E-state index in [1.54, 1.807) is 11.0 Å². The van der Waals surface area contributed by atoms with Gasteiger partial charge >= 0.3 is 0 Å². The number of carbonyl (C=O) groups excluding carboxylic acids is 1. The Bertz CT molecular complexity index is 715. The van der Waals surface area contributed by atoms with Gasteiger partial charge in [-0.05, 0) is 36.8 Å². The molecule has 0 radical (unpaired) electrons. The van der Waals surface area contributed by atoms with Gasteiger partial charge in [-0.2, -0.15) is 0 Å². The average molecular weight is 286 g/mol. The Kier molecular flexibility index (Phi) is 3.25. The van der Waals surface area contributed by atoms with Gasteiger partial charge in [0, 0.05) is 29.0 Å². The lowest BCUT2D eigenvalue weighted by molar-refractivity contribution is 0.0989. The molecule has 21 heavy (non-hydrogen) atoms. The first-order chi connectivity index (χ1) is 10.1. The van der Waals surface area contributed by atoms with Gasteiger partial charge in [0.05, 0.1) is 7.11 Å². The van der Waals surface area contributed by atoms with Crippen LogP contribution in [0.5, 0.6) is 5.75 Å². The van der Waals surface area contributed by atoms with Gasteiger partial charge in [0.25, 0.3) is 5.91 Å². The molecule has 2 aromatic rings. The molecular weight excluding hydrogens is 271 g/mol. The molecule has 5 heteroatoms. The average Bonchev–Trinajstić information content (AvgIpc) is 2.92. The first-order valence-electron chi connectivity index (χ1n) is 6.64. The van der Waals surface area contributed by atoms with Crippen molar-refractivity contribution in [1.29, 1.82) is 0 Å². The lowest BCUT2D eigenvalue weighted by Gasteiger charge is -2.18. The van der Waals surface area contributed by atoms with Crippen LogP contribution in [0.2, 0.25) is 0 Å². The largest absolute Gasteiger partial charge is 0.494 e. The molecule has 1 heterocycles. The van der Waals surface area contributed by atoms with E-state index >= 15 is 0 Å². The molecule has 0 saturated heterocycles. The first-order valence-corrected chi connectivity index (χ1v) is 6.64. The fraction of sp³-hybridized carbons (Fsp3) is 0.188. The summed E-state index contributed by atoms with van der Waals surface area (Å²) < 4.78 is 18.6. The highest BCUT2D eigenvalue weighted by Gasteiger charge is 2.27. The molecule has 2 N–H and O–H groups in total. The Morgan fingerprint density at radius 2 is 2.14 bits per heavy atom. The van der Waals surface area contributed by atoms with Crippen molar-refractivity contribution in [2.24, 2.45) is 0 Å². The van der Waals surface area contributed by atoms with Crippen LogP contribution in [0, 0.1) is 5.82 Å². The minimum atomic E-state index is -0.546. The van der Waals surface area contributed by atoms with Crippen molar-refractivity contribution < 1.29 is 13.9 Å². The number of hydrogen-bond donors (Lipinski definition) is 1. The van der Waals surface area contributed by atoms with Crippen LogP contribution >= 0.6 is 0 Å². The summed E-state index contributed by atoms with van der Waals surface area (Å²) in [6, 6.07) is 9.71. The number of halogens is 1. The van der Waals surface area contributed by atoms with Crippen LogP contribution in [-0.4, -0.2) is 19.6 Å². The van der Waals surface area contributed by atoms with E-state index in [1.807, 2.05) is 18.2 Å². The number of carbonyl (C=O) groups is 1. The Hall–Kier alpha value is -2.56. The molecule has 0 saturated carbocycles. The van der Waals surface area contributed by atoms with E-state index in [0.29, 0.717) is 24.2 Å². The van der Waals surface area contributed by atoms with Gasteiger partial charge in [0.2, 0.25) is 0 Å². The summed E-state index contributed by atoms with van der Waals surface area (Å²) in [4.78, 5) is 14.2. The number of fused-ring (bicyclic) bond motifs is 1. The number of nitrogens with two attached hydrogens (primary N) is 1. The molecule has 0 aliphatic carbocycles. The summed E-state index contributed by atoms with van der Waals surface area (Å²) in [5, 5.41) is 0. The van der Waals surface area contributed by atoms with E-state index < -0.39 is 5.82 Å². The number of benzene rings is 2. The molecule has 3 rings (SSSR count). The number of nitrogen functional groups attached to an aromatic ring is 1. The second-order valence-electron chi connectivity index (χ2n) is 4.90. The van der Waals surface area contributed by atoms with Gasteiger partial charge < -0.3 is 15.4 Å². The molecule has 1 aliphatic heterocycles. The van der Waals surface area contributed by atoms with Crippen molar-refractivity contribution >= 4 is 17.3 Å². The maximum atomic E-state index is 13.7. The highest BCUT2D eigenvalue weighted by atomic mass is 19.1. The zero-order chi connectivity index (χ0) is 15.0. The SMILES string of the molecule is COc1ccc(C(=O)N2CCc3c(N)cccc32)cc1F. The normalized spacial score (nSPS) is 13.1. The first kappa shape index (κ1) is 13.4. The molecule has 0 aromatic heterocycles. The molecule has 108 valence electrons. The second-order valence-corrected chi connectivity index (χ2v) is 4.90. The number of amides is 1. The van der Waals surface area contributed by atoms with E-state index in [0.717, 1.165) is 11.3 Å². The van der Waals surface area contributed by atoms with Gasteiger partial charge in [-0.15, -0.1) is 0 Å². The third-order valence-corrected chi connectivity index (χ3v) is 3.71. The number of hydrogen-bond acceptors (Lipinski definition) is 3. The molecule has 0 fully saturated rings. The Morgan fingerprint density at radius 1 is 1.33 bits per heavy atom. The zero-order valence-corrected chi connectivity index (χ0v) is 11.6. The summed E-state index contributed by atoms with van der Waals surface area (Å²) in [5.41, 5.74) is 8.67. The zero-order valence-electron chi connectivity index (χ0n) is 11.6. The lowest BCUT2D eigenvalue weighted by atomic mass is 10.1. The number of nitrogens with zero attached hydrogens (tertiary/aromatic N) is 1. The predicted molar refractivity (Wildman–Crippen MR) is 79.2 cm³/mol. The van der Waals surface area contributed by atoms with Crippen LogP contribution in [0.3, 0.4) is 0 Å². The molecule has 2 aromatic carbocycles. The molecule has 4 nitrogen and oxygen atoms in total. The van der Waals surface area contributed by atoms with Crippen molar-refractivity contribution in [3.8, 4) is 5.75 Å². The fourth-order valence-corrected chi connectivity index (χ4v) is 2.63. The van der Waals surface area contributed by atoms with Crippen molar-refractivity contribution in [3.05, 3.63) is 53.3 Å². The molecule has 0 bridgehead atoms. The van der Waals surface area contributed by atoms with Crippen LogP contribution in [-0.2, 0) is 6.42 Å². The Labute approximate surface area is 121 Å². The number of methoxy groups -OCH3 is 1. The summed E-state index contributed by atoms with van der Waals surface area (Å²) in [7, 11) is 1.39. The second kappa shape index (κ2) is 5.09. The minimum Gasteiger partial charge on any atom is -0.494 e. The number of anilines is 2. The molecule has 1 aliphatic rings. The molecule has 0 spiro atoms. The van der Waals surface area contributed by atoms with Gasteiger partial charge in [0.15, 0.2) is 11.6 Å². The van der Waals surface area contributed by atoms with Crippen molar-refractivity contribution in [2.45, 2.75) is 6.42 Å². The minimum absolute atomic E-state index is 0.123. The van der Waals surface area contributed by atoms with Crippen molar-refractivity contribution in [1.82, 2.24) is 0 Å². The summed E-state index contributed by atoms with van der Waals surface area (Å²) >= 11 is 0. The van der Waals surface area contributed by atoms with Crippen LogP contribution in [0.15, 0.2) is 36.4 Å². The molecular formula is C16H15FN2O2. The van der Waals surface area contributed by atoms with Crippen LogP contribution < -0.4 is 15.4 Å². The van der Waals surface area contributed by atoms with Gasteiger partial charge in [-0.3, -0.25) is 4.79 Å². The third kappa shape index (κ3) is 2.20. The fourth-order valence-electron chi connectivity index (χ4n) is 2.63. The van der Waals surface area contributed by atoms with Crippen LogP contribution in [0.4, 0.5) is 15.8 Å². The van der Waals surface area contributed by atoms with E-state index in [4.69, 9.17) is 10.5 Å². The third-order valence-electron chi connectivity index (χ3n) is 3.71. The van der Waals surface area contributed by atoms with Crippen molar-refractivity contribution in [2.75, 3.05) is 24.3 Å². The highest BCUT2D eigenvalue weighted by molar-refractivity contribution is 6.07. The summed E-state index contributed by atoms with van der Waals surface area (Å²) in [5.74, 6) is -0.658. The molecule has 1 amide bonds. The van der Waals surface area contributed by atoms with E-state index in [-0.39, 0.29) is 11.7 Å². The quantitative estimate of drug-likeness (QED) is 0.863.